The van der Waals surface area contributed by atoms with E-state index >= 15 is 0 Å². The molecule has 1 heterocycles. The molecule has 0 radical (unpaired) electrons. The molecule has 1 saturated heterocycles. The lowest BCUT2D eigenvalue weighted by Gasteiger charge is -2.26. The van der Waals surface area contributed by atoms with Crippen LogP contribution in [0.25, 0.3) is 6.08 Å². The van der Waals surface area contributed by atoms with Crippen LogP contribution >= 0.6 is 15.9 Å². The summed E-state index contributed by atoms with van der Waals surface area (Å²) in [4.78, 5) is 12.3. The van der Waals surface area contributed by atoms with E-state index in [0.717, 1.165) is 23.7 Å². The van der Waals surface area contributed by atoms with Crippen molar-refractivity contribution in [1.29, 1.82) is 0 Å². The Morgan fingerprint density at radius 1 is 1.14 bits per heavy atom. The van der Waals surface area contributed by atoms with Gasteiger partial charge < -0.3 is 10.1 Å². The molecule has 1 aliphatic heterocycles. The Morgan fingerprint density at radius 3 is 2.55 bits per heavy atom. The van der Waals surface area contributed by atoms with Crippen LogP contribution in [0.5, 0.6) is 5.75 Å². The van der Waals surface area contributed by atoms with Crippen molar-refractivity contribution in [3.8, 4) is 5.75 Å². The highest BCUT2D eigenvalue weighted by Gasteiger charge is 2.28. The minimum atomic E-state index is -3.65. The van der Waals surface area contributed by atoms with Crippen LogP contribution in [0.15, 0.2) is 57.9 Å². The number of carbonyl (C=O) groups excluding carboxylic acids is 1. The SMILES string of the molecule is COc1ccc(/C=C/C(=O)Nc2ccccc2Br)cc1S(=O)(=O)N1CCCCC1. The first-order valence-electron chi connectivity index (χ1n) is 9.33. The normalized spacial score (nSPS) is 15.4. The molecule has 1 amide bonds. The Bertz CT molecular complexity index is 1020. The van der Waals surface area contributed by atoms with Crippen LogP contribution in [-0.4, -0.2) is 38.8 Å². The van der Waals surface area contributed by atoms with Gasteiger partial charge in [-0.25, -0.2) is 8.42 Å². The lowest BCUT2D eigenvalue weighted by atomic mass is 10.2. The van der Waals surface area contributed by atoms with Crippen molar-refractivity contribution < 1.29 is 17.9 Å². The first-order valence-corrected chi connectivity index (χ1v) is 11.6. The summed E-state index contributed by atoms with van der Waals surface area (Å²) in [6.45, 7) is 1.03. The van der Waals surface area contributed by atoms with E-state index in [-0.39, 0.29) is 10.8 Å². The molecular weight excluding hydrogens is 456 g/mol. The largest absolute Gasteiger partial charge is 0.495 e. The van der Waals surface area contributed by atoms with Gasteiger partial charge in [0.15, 0.2) is 0 Å². The number of hydrogen-bond donors (Lipinski definition) is 1. The Labute approximate surface area is 179 Å². The van der Waals surface area contributed by atoms with Crippen molar-refractivity contribution in [2.24, 2.45) is 0 Å². The Kier molecular flexibility index (Phi) is 7.10. The number of para-hydroxylation sites is 1. The molecule has 0 bridgehead atoms. The van der Waals surface area contributed by atoms with Crippen molar-refractivity contribution in [2.45, 2.75) is 24.2 Å². The lowest BCUT2D eigenvalue weighted by molar-refractivity contribution is -0.111. The number of nitrogens with one attached hydrogen (secondary N) is 1. The number of methoxy groups -OCH3 is 1. The maximum Gasteiger partial charge on any atom is 0.248 e. The minimum absolute atomic E-state index is 0.121. The van der Waals surface area contributed by atoms with Crippen molar-refractivity contribution in [3.63, 3.8) is 0 Å². The van der Waals surface area contributed by atoms with E-state index in [9.17, 15) is 13.2 Å². The molecule has 1 N–H and O–H groups in total. The molecule has 3 rings (SSSR count). The summed E-state index contributed by atoms with van der Waals surface area (Å²) < 4.78 is 33.7. The van der Waals surface area contributed by atoms with Gasteiger partial charge in [0.1, 0.15) is 10.6 Å². The fraction of sp³-hybridized carbons (Fsp3) is 0.286. The number of sulfonamides is 1. The van der Waals surface area contributed by atoms with Gasteiger partial charge in [0, 0.05) is 23.6 Å². The number of piperidine rings is 1. The average Bonchev–Trinajstić information content (AvgIpc) is 2.74. The third kappa shape index (κ3) is 5.26. The number of halogens is 1. The number of amides is 1. The highest BCUT2D eigenvalue weighted by Crippen LogP contribution is 2.30. The topological polar surface area (TPSA) is 75.7 Å². The van der Waals surface area contributed by atoms with Crippen LogP contribution in [0, 0.1) is 0 Å². The number of hydrogen-bond acceptors (Lipinski definition) is 4. The summed E-state index contributed by atoms with van der Waals surface area (Å²) in [5.74, 6) is -0.0152. The second-order valence-corrected chi connectivity index (χ2v) is 9.44. The molecule has 2 aromatic carbocycles. The van der Waals surface area contributed by atoms with Gasteiger partial charge >= 0.3 is 0 Å². The molecular formula is C21H23BrN2O4S. The van der Waals surface area contributed by atoms with Crippen LogP contribution in [0.4, 0.5) is 5.69 Å². The zero-order valence-electron chi connectivity index (χ0n) is 16.1. The van der Waals surface area contributed by atoms with E-state index in [0.29, 0.717) is 30.1 Å². The molecule has 0 aliphatic carbocycles. The van der Waals surface area contributed by atoms with Gasteiger partial charge in [-0.15, -0.1) is 0 Å². The fourth-order valence-electron chi connectivity index (χ4n) is 3.15. The molecule has 2 aromatic rings. The number of nitrogens with zero attached hydrogens (tertiary/aromatic N) is 1. The summed E-state index contributed by atoms with van der Waals surface area (Å²) in [7, 11) is -2.20. The average molecular weight is 479 g/mol. The minimum Gasteiger partial charge on any atom is -0.495 e. The summed E-state index contributed by atoms with van der Waals surface area (Å²) in [5, 5.41) is 2.78. The molecule has 6 nitrogen and oxygen atoms in total. The molecule has 1 fully saturated rings. The van der Waals surface area contributed by atoms with E-state index < -0.39 is 10.0 Å². The number of ether oxygens (including phenoxy) is 1. The third-order valence-corrected chi connectivity index (χ3v) is 7.29. The first kappa shape index (κ1) is 21.5. The Morgan fingerprint density at radius 2 is 1.86 bits per heavy atom. The van der Waals surface area contributed by atoms with Gasteiger partial charge in [0.2, 0.25) is 15.9 Å². The maximum atomic E-state index is 13.1. The zero-order chi connectivity index (χ0) is 20.9. The molecule has 0 unspecified atom stereocenters. The maximum absolute atomic E-state index is 13.1. The predicted molar refractivity (Wildman–Crippen MR) is 117 cm³/mol. The van der Waals surface area contributed by atoms with Crippen molar-refractivity contribution >= 4 is 43.6 Å². The summed E-state index contributed by atoms with van der Waals surface area (Å²) in [6, 6.07) is 12.2. The molecule has 8 heteroatoms. The van der Waals surface area contributed by atoms with Crippen LogP contribution < -0.4 is 10.1 Å². The van der Waals surface area contributed by atoms with Gasteiger partial charge in [0.25, 0.3) is 0 Å². The summed E-state index contributed by atoms with van der Waals surface area (Å²) in [5.41, 5.74) is 1.26. The fourth-order valence-corrected chi connectivity index (χ4v) is 5.24. The van der Waals surface area contributed by atoms with Crippen LogP contribution in [0.2, 0.25) is 0 Å². The number of anilines is 1. The van der Waals surface area contributed by atoms with E-state index in [1.807, 2.05) is 18.2 Å². The van der Waals surface area contributed by atoms with Gasteiger partial charge in [-0.2, -0.15) is 4.31 Å². The zero-order valence-corrected chi connectivity index (χ0v) is 18.5. The second-order valence-electron chi connectivity index (χ2n) is 6.68. The first-order chi connectivity index (χ1) is 13.9. The molecule has 0 saturated carbocycles. The van der Waals surface area contributed by atoms with Gasteiger partial charge in [0.05, 0.1) is 12.8 Å². The number of carbonyl (C=O) groups is 1. The Balaban J connectivity index is 1.82. The van der Waals surface area contributed by atoms with E-state index in [4.69, 9.17) is 4.74 Å². The molecule has 1 aliphatic rings. The molecule has 29 heavy (non-hydrogen) atoms. The number of rotatable bonds is 6. The summed E-state index contributed by atoms with van der Waals surface area (Å²) in [6.07, 6.45) is 5.71. The smallest absolute Gasteiger partial charge is 0.248 e. The monoisotopic (exact) mass is 478 g/mol. The van der Waals surface area contributed by atoms with Crippen molar-refractivity contribution in [2.75, 3.05) is 25.5 Å². The van der Waals surface area contributed by atoms with Crippen molar-refractivity contribution in [1.82, 2.24) is 4.31 Å². The van der Waals surface area contributed by atoms with Crippen LogP contribution in [0.1, 0.15) is 24.8 Å². The number of benzene rings is 2. The van der Waals surface area contributed by atoms with Gasteiger partial charge in [-0.05, 0) is 64.7 Å². The second kappa shape index (κ2) is 9.56. The van der Waals surface area contributed by atoms with Crippen molar-refractivity contribution in [3.05, 3.63) is 58.6 Å². The highest BCUT2D eigenvalue weighted by molar-refractivity contribution is 9.10. The van der Waals surface area contributed by atoms with E-state index in [2.05, 4.69) is 21.2 Å². The predicted octanol–water partition coefficient (Wildman–Crippen LogP) is 4.28. The van der Waals surface area contributed by atoms with E-state index in [1.165, 1.54) is 17.5 Å². The molecule has 0 atom stereocenters. The highest BCUT2D eigenvalue weighted by atomic mass is 79.9. The van der Waals surface area contributed by atoms with Crippen LogP contribution in [-0.2, 0) is 14.8 Å². The van der Waals surface area contributed by atoms with Gasteiger partial charge in [-0.3, -0.25) is 4.79 Å². The third-order valence-electron chi connectivity index (χ3n) is 4.68. The Hall–Kier alpha value is -2.16. The molecule has 154 valence electrons. The van der Waals surface area contributed by atoms with E-state index in [1.54, 1.807) is 30.3 Å². The molecule has 0 aromatic heterocycles. The van der Waals surface area contributed by atoms with Crippen LogP contribution in [0.3, 0.4) is 0 Å². The van der Waals surface area contributed by atoms with Gasteiger partial charge in [-0.1, -0.05) is 24.6 Å². The molecule has 0 spiro atoms. The quantitative estimate of drug-likeness (QED) is 0.628. The lowest BCUT2D eigenvalue weighted by Crippen LogP contribution is -2.35. The summed E-state index contributed by atoms with van der Waals surface area (Å²) >= 11 is 3.38. The standard InChI is InChI=1S/C21H23BrN2O4S/c1-28-19-11-9-16(10-12-21(25)23-18-8-4-3-7-17(18)22)15-20(19)29(26,27)24-13-5-2-6-14-24/h3-4,7-12,15H,2,5-6,13-14H2,1H3,(H,23,25)/b12-10+.